The molecule has 7 heteroatoms. The van der Waals surface area contributed by atoms with E-state index in [1.807, 2.05) is 18.2 Å². The second kappa shape index (κ2) is 7.28. The first kappa shape index (κ1) is 16.3. The van der Waals surface area contributed by atoms with Crippen molar-refractivity contribution in [2.24, 2.45) is 0 Å². The Morgan fingerprint density at radius 3 is 2.62 bits per heavy atom. The van der Waals surface area contributed by atoms with Gasteiger partial charge in [-0.25, -0.2) is 4.39 Å². The summed E-state index contributed by atoms with van der Waals surface area (Å²) in [6.07, 6.45) is 0. The number of carbonyl (C=O) groups is 1. The van der Waals surface area contributed by atoms with Crippen molar-refractivity contribution in [1.29, 1.82) is 0 Å². The van der Waals surface area contributed by atoms with E-state index in [2.05, 4.69) is 49.2 Å². The quantitative estimate of drug-likeness (QED) is 0.499. The fourth-order valence-corrected chi connectivity index (χ4v) is 3.20. The zero-order chi connectivity index (χ0) is 15.4. The van der Waals surface area contributed by atoms with Crippen molar-refractivity contribution < 1.29 is 9.18 Å². The molecule has 0 saturated heterocycles. The topological polar surface area (TPSA) is 41.1 Å². The summed E-state index contributed by atoms with van der Waals surface area (Å²) in [6.45, 7) is 0. The van der Waals surface area contributed by atoms with Crippen LogP contribution in [0.2, 0.25) is 0 Å². The van der Waals surface area contributed by atoms with E-state index in [9.17, 15) is 9.18 Å². The molecular formula is C14H9BrFIN2OS. The number of hydrogen-bond donors (Lipinski definition) is 2. The minimum atomic E-state index is -0.587. The molecule has 0 aliphatic carbocycles. The van der Waals surface area contributed by atoms with Crippen LogP contribution in [0.1, 0.15) is 10.4 Å². The molecule has 2 N–H and O–H groups in total. The summed E-state index contributed by atoms with van der Waals surface area (Å²) in [6, 6.07) is 11.3. The molecule has 0 radical (unpaired) electrons. The largest absolute Gasteiger partial charge is 0.332 e. The van der Waals surface area contributed by atoms with Gasteiger partial charge >= 0.3 is 0 Å². The van der Waals surface area contributed by atoms with Crippen LogP contribution in [0.15, 0.2) is 46.9 Å². The maximum absolute atomic E-state index is 13.5. The first-order valence-electron chi connectivity index (χ1n) is 5.79. The summed E-state index contributed by atoms with van der Waals surface area (Å²) in [5.41, 5.74) is 0.713. The van der Waals surface area contributed by atoms with Gasteiger partial charge < -0.3 is 5.32 Å². The molecule has 0 atom stereocenters. The second-order valence-electron chi connectivity index (χ2n) is 4.01. The molecule has 0 aliphatic rings. The van der Waals surface area contributed by atoms with Crippen LogP contribution < -0.4 is 10.6 Å². The van der Waals surface area contributed by atoms with Crippen LogP contribution in [0, 0.1) is 9.39 Å². The lowest BCUT2D eigenvalue weighted by molar-refractivity contribution is 0.0974. The van der Waals surface area contributed by atoms with Crippen molar-refractivity contribution >= 4 is 67.4 Å². The molecule has 21 heavy (non-hydrogen) atoms. The lowest BCUT2D eigenvalue weighted by atomic mass is 10.2. The molecule has 0 unspecified atom stereocenters. The highest BCUT2D eigenvalue weighted by Crippen LogP contribution is 2.22. The molecule has 3 nitrogen and oxygen atoms in total. The summed E-state index contributed by atoms with van der Waals surface area (Å²) in [5, 5.41) is 5.47. The SMILES string of the molecule is O=C(NC(=S)Nc1ccc(Br)cc1I)c1ccccc1F. The van der Waals surface area contributed by atoms with Crippen molar-refractivity contribution in [1.82, 2.24) is 5.32 Å². The monoisotopic (exact) mass is 478 g/mol. The van der Waals surface area contributed by atoms with Crippen molar-refractivity contribution in [3.8, 4) is 0 Å². The summed E-state index contributed by atoms with van der Waals surface area (Å²) < 4.78 is 15.4. The number of halogens is 3. The molecule has 2 aromatic carbocycles. The number of hydrogen-bond acceptors (Lipinski definition) is 2. The summed E-state index contributed by atoms with van der Waals surface area (Å²) >= 11 is 10.6. The zero-order valence-corrected chi connectivity index (χ0v) is 15.1. The third-order valence-electron chi connectivity index (χ3n) is 2.52. The molecule has 2 aromatic rings. The number of amides is 1. The summed E-state index contributed by atoms with van der Waals surface area (Å²) in [7, 11) is 0. The van der Waals surface area contributed by atoms with E-state index in [-0.39, 0.29) is 10.7 Å². The van der Waals surface area contributed by atoms with E-state index < -0.39 is 11.7 Å². The molecule has 0 heterocycles. The van der Waals surface area contributed by atoms with Gasteiger partial charge in [0.2, 0.25) is 0 Å². The fraction of sp³-hybridized carbons (Fsp3) is 0. The summed E-state index contributed by atoms with van der Waals surface area (Å²) in [5.74, 6) is -1.17. The Morgan fingerprint density at radius 2 is 1.95 bits per heavy atom. The van der Waals surface area contributed by atoms with E-state index in [4.69, 9.17) is 12.2 Å². The molecule has 0 spiro atoms. The first-order valence-corrected chi connectivity index (χ1v) is 8.07. The number of carbonyl (C=O) groups excluding carboxylic acids is 1. The Labute approximate surface area is 148 Å². The number of nitrogens with one attached hydrogen (secondary N) is 2. The van der Waals surface area contributed by atoms with Gasteiger partial charge in [-0.3, -0.25) is 10.1 Å². The van der Waals surface area contributed by atoms with Gasteiger partial charge in [0, 0.05) is 8.04 Å². The maximum Gasteiger partial charge on any atom is 0.260 e. The molecular weight excluding hydrogens is 470 g/mol. The molecule has 0 aliphatic heterocycles. The summed E-state index contributed by atoms with van der Waals surface area (Å²) in [4.78, 5) is 11.9. The Kier molecular flexibility index (Phi) is 5.65. The van der Waals surface area contributed by atoms with Crippen LogP contribution in [0.25, 0.3) is 0 Å². The van der Waals surface area contributed by atoms with Crippen LogP contribution in [0.5, 0.6) is 0 Å². The van der Waals surface area contributed by atoms with Crippen LogP contribution in [0.3, 0.4) is 0 Å². The number of thiocarbonyl (C=S) groups is 1. The van der Waals surface area contributed by atoms with Gasteiger partial charge in [0.25, 0.3) is 5.91 Å². The maximum atomic E-state index is 13.5. The van der Waals surface area contributed by atoms with Gasteiger partial charge in [0.1, 0.15) is 5.82 Å². The minimum Gasteiger partial charge on any atom is -0.332 e. The van der Waals surface area contributed by atoms with E-state index in [0.717, 1.165) is 13.7 Å². The number of benzene rings is 2. The second-order valence-corrected chi connectivity index (χ2v) is 6.50. The van der Waals surface area contributed by atoms with Gasteiger partial charge in [-0.1, -0.05) is 28.1 Å². The molecule has 0 saturated carbocycles. The average Bonchev–Trinajstić information content (AvgIpc) is 2.42. The van der Waals surface area contributed by atoms with Crippen LogP contribution >= 0.6 is 50.7 Å². The highest BCUT2D eigenvalue weighted by Gasteiger charge is 2.12. The smallest absolute Gasteiger partial charge is 0.260 e. The highest BCUT2D eigenvalue weighted by atomic mass is 127. The van der Waals surface area contributed by atoms with Crippen LogP contribution in [-0.4, -0.2) is 11.0 Å². The first-order chi connectivity index (χ1) is 9.97. The molecule has 0 fully saturated rings. The molecule has 2 rings (SSSR count). The minimum absolute atomic E-state index is 0.0489. The lowest BCUT2D eigenvalue weighted by Crippen LogP contribution is -2.34. The Bertz CT molecular complexity index is 711. The number of rotatable bonds is 2. The Morgan fingerprint density at radius 1 is 1.24 bits per heavy atom. The fourth-order valence-electron chi connectivity index (χ4n) is 1.56. The van der Waals surface area contributed by atoms with Gasteiger partial charge in [-0.2, -0.15) is 0 Å². The van der Waals surface area contributed by atoms with Crippen LogP contribution in [0.4, 0.5) is 10.1 Å². The van der Waals surface area contributed by atoms with Crippen molar-refractivity contribution in [3.05, 3.63) is 61.9 Å². The van der Waals surface area contributed by atoms with E-state index in [0.29, 0.717) is 0 Å². The Hall–Kier alpha value is -1.06. The third kappa shape index (κ3) is 4.45. The highest BCUT2D eigenvalue weighted by molar-refractivity contribution is 14.1. The van der Waals surface area contributed by atoms with E-state index >= 15 is 0 Å². The molecule has 1 amide bonds. The average molecular weight is 479 g/mol. The standard InChI is InChI=1S/C14H9BrFIN2OS/c15-8-5-6-12(11(17)7-8)18-14(21)19-13(20)9-3-1-2-4-10(9)16/h1-7H,(H2,18,19,20,21). The predicted octanol–water partition coefficient (Wildman–Crippen LogP) is 4.32. The van der Waals surface area contributed by atoms with Gasteiger partial charge in [0.05, 0.1) is 11.3 Å². The van der Waals surface area contributed by atoms with Crippen LogP contribution in [-0.2, 0) is 0 Å². The van der Waals surface area contributed by atoms with E-state index in [1.165, 1.54) is 18.2 Å². The third-order valence-corrected chi connectivity index (χ3v) is 4.11. The number of anilines is 1. The predicted molar refractivity (Wildman–Crippen MR) is 96.9 cm³/mol. The van der Waals surface area contributed by atoms with Crippen molar-refractivity contribution in [2.75, 3.05) is 5.32 Å². The zero-order valence-electron chi connectivity index (χ0n) is 10.5. The van der Waals surface area contributed by atoms with Crippen molar-refractivity contribution in [2.45, 2.75) is 0 Å². The molecule has 0 aromatic heterocycles. The van der Waals surface area contributed by atoms with Gasteiger partial charge in [-0.05, 0) is 65.1 Å². The Balaban J connectivity index is 2.05. The van der Waals surface area contributed by atoms with E-state index in [1.54, 1.807) is 6.07 Å². The lowest BCUT2D eigenvalue weighted by Gasteiger charge is -2.11. The normalized spacial score (nSPS) is 10.0. The molecule has 108 valence electrons. The van der Waals surface area contributed by atoms with Gasteiger partial charge in [-0.15, -0.1) is 0 Å². The molecule has 0 bridgehead atoms. The van der Waals surface area contributed by atoms with Gasteiger partial charge in [0.15, 0.2) is 5.11 Å². The van der Waals surface area contributed by atoms with Crippen molar-refractivity contribution in [3.63, 3.8) is 0 Å².